The maximum absolute atomic E-state index is 11.7. The number of halogens is 1. The lowest BCUT2D eigenvalue weighted by atomic mass is 10.1. The standard InChI is InChI=1S/C21H21ClN2O/c1-4-6-20(16-7-11-18(22)12-8-16)24-15(3)23-19-13-9-17(10-14-19)21(25)5-2/h4,6-14H,1,5H2,2-3H3,(H,23,24)/b20-6-. The van der Waals surface area contributed by atoms with E-state index < -0.39 is 0 Å². The van der Waals surface area contributed by atoms with Gasteiger partial charge in [0.05, 0.1) is 5.70 Å². The number of nitrogens with one attached hydrogen (secondary N) is 1. The minimum absolute atomic E-state index is 0.135. The number of carbonyl (C=O) groups excluding carboxylic acids is 1. The number of hydrogen-bond donors (Lipinski definition) is 1. The predicted molar refractivity (Wildman–Crippen MR) is 107 cm³/mol. The number of benzene rings is 2. The molecule has 0 aliphatic carbocycles. The molecular weight excluding hydrogens is 332 g/mol. The summed E-state index contributed by atoms with van der Waals surface area (Å²) in [5.74, 6) is 0.869. The van der Waals surface area contributed by atoms with Crippen molar-refractivity contribution < 1.29 is 4.79 Å². The van der Waals surface area contributed by atoms with Crippen LogP contribution >= 0.6 is 11.6 Å². The molecule has 0 aromatic heterocycles. The summed E-state index contributed by atoms with van der Waals surface area (Å²) < 4.78 is 0. The lowest BCUT2D eigenvalue weighted by molar-refractivity contribution is 0.0988. The third kappa shape index (κ3) is 5.44. The van der Waals surface area contributed by atoms with Gasteiger partial charge in [-0.15, -0.1) is 0 Å². The zero-order chi connectivity index (χ0) is 18.2. The predicted octanol–water partition coefficient (Wildman–Crippen LogP) is 5.99. The van der Waals surface area contributed by atoms with Gasteiger partial charge < -0.3 is 5.32 Å². The van der Waals surface area contributed by atoms with Gasteiger partial charge in [-0.25, -0.2) is 4.99 Å². The van der Waals surface area contributed by atoms with Gasteiger partial charge >= 0.3 is 0 Å². The normalized spacial score (nSPS) is 12.0. The number of aliphatic imine (C=N–C) groups is 1. The average Bonchev–Trinajstić information content (AvgIpc) is 2.62. The van der Waals surface area contributed by atoms with Crippen LogP contribution in [0.2, 0.25) is 5.02 Å². The van der Waals surface area contributed by atoms with Crippen molar-refractivity contribution in [3.63, 3.8) is 0 Å². The molecule has 0 heterocycles. The Hall–Kier alpha value is -2.65. The van der Waals surface area contributed by atoms with Crippen LogP contribution in [0.1, 0.15) is 36.2 Å². The van der Waals surface area contributed by atoms with Crippen LogP contribution in [0.4, 0.5) is 5.69 Å². The summed E-state index contributed by atoms with van der Waals surface area (Å²) in [7, 11) is 0. The third-order valence-electron chi connectivity index (χ3n) is 3.56. The van der Waals surface area contributed by atoms with Crippen molar-refractivity contribution >= 4 is 34.6 Å². The van der Waals surface area contributed by atoms with Crippen LogP contribution in [-0.2, 0) is 0 Å². The number of rotatable bonds is 6. The molecule has 2 aromatic carbocycles. The number of ketones is 1. The third-order valence-corrected chi connectivity index (χ3v) is 3.81. The van der Waals surface area contributed by atoms with E-state index in [9.17, 15) is 4.79 Å². The maximum Gasteiger partial charge on any atom is 0.162 e. The van der Waals surface area contributed by atoms with Crippen molar-refractivity contribution in [3.05, 3.63) is 83.4 Å². The fraction of sp³-hybridized carbons (Fsp3) is 0.143. The summed E-state index contributed by atoms with van der Waals surface area (Å²) in [6.45, 7) is 7.49. The van der Waals surface area contributed by atoms with E-state index in [0.29, 0.717) is 11.4 Å². The van der Waals surface area contributed by atoms with E-state index in [1.54, 1.807) is 6.08 Å². The lowest BCUT2D eigenvalue weighted by Crippen LogP contribution is -2.08. The van der Waals surface area contributed by atoms with E-state index in [1.807, 2.05) is 68.5 Å². The number of allylic oxidation sites excluding steroid dienone is 2. The van der Waals surface area contributed by atoms with E-state index in [-0.39, 0.29) is 5.78 Å². The molecule has 0 fully saturated rings. The summed E-state index contributed by atoms with van der Waals surface area (Å²) in [5.41, 5.74) is 3.34. The molecule has 25 heavy (non-hydrogen) atoms. The summed E-state index contributed by atoms with van der Waals surface area (Å²) >= 11 is 5.94. The van der Waals surface area contributed by atoms with Crippen molar-refractivity contribution in [1.29, 1.82) is 0 Å². The Labute approximate surface area is 153 Å². The van der Waals surface area contributed by atoms with Gasteiger partial charge in [0.15, 0.2) is 5.78 Å². The minimum atomic E-state index is 0.135. The maximum atomic E-state index is 11.7. The van der Waals surface area contributed by atoms with E-state index in [2.05, 4.69) is 16.9 Å². The molecule has 0 aliphatic rings. The summed E-state index contributed by atoms with van der Waals surface area (Å²) in [5, 5.41) is 3.92. The van der Waals surface area contributed by atoms with Gasteiger partial charge in [0.1, 0.15) is 5.84 Å². The SMILES string of the molecule is C=C/C=C(\N=C(C)Nc1ccc(C(=O)CC)cc1)c1ccc(Cl)cc1. The first kappa shape index (κ1) is 18.7. The first-order chi connectivity index (χ1) is 12.0. The fourth-order valence-electron chi connectivity index (χ4n) is 2.29. The highest BCUT2D eigenvalue weighted by Gasteiger charge is 2.04. The molecule has 0 radical (unpaired) electrons. The van der Waals surface area contributed by atoms with Crippen LogP contribution in [0.3, 0.4) is 0 Å². The van der Waals surface area contributed by atoms with Crippen molar-refractivity contribution in [2.24, 2.45) is 4.99 Å². The smallest absolute Gasteiger partial charge is 0.162 e. The van der Waals surface area contributed by atoms with Crippen molar-refractivity contribution in [2.45, 2.75) is 20.3 Å². The number of hydrogen-bond acceptors (Lipinski definition) is 2. The zero-order valence-corrected chi connectivity index (χ0v) is 15.2. The number of carbonyl (C=O) groups is 1. The van der Waals surface area contributed by atoms with Crippen LogP contribution < -0.4 is 5.32 Å². The number of Topliss-reactive ketones (excluding diaryl/α,β-unsaturated/α-hetero) is 1. The number of anilines is 1. The molecular formula is C21H21ClN2O. The molecule has 0 spiro atoms. The van der Waals surface area contributed by atoms with Gasteiger partial charge in [-0.1, -0.05) is 43.3 Å². The van der Waals surface area contributed by atoms with Crippen LogP contribution in [0.5, 0.6) is 0 Å². The molecule has 0 unspecified atom stereocenters. The molecule has 0 bridgehead atoms. The van der Waals surface area contributed by atoms with E-state index in [4.69, 9.17) is 11.6 Å². The Morgan fingerprint density at radius 1 is 1.12 bits per heavy atom. The Kier molecular flexibility index (Phi) is 6.72. The second-order valence-corrected chi connectivity index (χ2v) is 5.91. The highest BCUT2D eigenvalue weighted by Crippen LogP contribution is 2.20. The number of amidine groups is 1. The quantitative estimate of drug-likeness (QED) is 0.300. The molecule has 3 nitrogen and oxygen atoms in total. The molecule has 4 heteroatoms. The zero-order valence-electron chi connectivity index (χ0n) is 14.4. The molecule has 0 aliphatic heterocycles. The monoisotopic (exact) mass is 352 g/mol. The Bertz CT molecular complexity index is 803. The van der Waals surface area contributed by atoms with Crippen LogP contribution in [0.15, 0.2) is 72.3 Å². The summed E-state index contributed by atoms with van der Waals surface area (Å²) in [6, 6.07) is 14.9. The molecule has 0 atom stereocenters. The average molecular weight is 353 g/mol. The van der Waals surface area contributed by atoms with Crippen LogP contribution in [0.25, 0.3) is 5.70 Å². The van der Waals surface area contributed by atoms with Crippen LogP contribution in [0, 0.1) is 0 Å². The van der Waals surface area contributed by atoms with E-state index in [0.717, 1.165) is 28.3 Å². The second-order valence-electron chi connectivity index (χ2n) is 5.47. The molecule has 1 N–H and O–H groups in total. The minimum Gasteiger partial charge on any atom is -0.344 e. The molecule has 2 rings (SSSR count). The van der Waals surface area contributed by atoms with Crippen molar-refractivity contribution in [3.8, 4) is 0 Å². The molecule has 128 valence electrons. The van der Waals surface area contributed by atoms with Crippen molar-refractivity contribution in [1.82, 2.24) is 0 Å². The van der Waals surface area contributed by atoms with Gasteiger partial charge in [-0.2, -0.15) is 0 Å². The summed E-state index contributed by atoms with van der Waals surface area (Å²) in [4.78, 5) is 16.3. The topological polar surface area (TPSA) is 41.5 Å². The molecule has 2 aromatic rings. The van der Waals surface area contributed by atoms with Gasteiger partial charge in [-0.05, 0) is 49.4 Å². The Balaban J connectivity index is 2.17. The van der Waals surface area contributed by atoms with Gasteiger partial charge in [-0.3, -0.25) is 4.79 Å². The molecule has 0 saturated heterocycles. The van der Waals surface area contributed by atoms with Crippen LogP contribution in [-0.4, -0.2) is 11.6 Å². The summed E-state index contributed by atoms with van der Waals surface area (Å²) in [6.07, 6.45) is 4.05. The Morgan fingerprint density at radius 3 is 2.28 bits per heavy atom. The van der Waals surface area contributed by atoms with E-state index >= 15 is 0 Å². The second kappa shape index (κ2) is 9.00. The molecule has 0 amide bonds. The lowest BCUT2D eigenvalue weighted by Gasteiger charge is -2.09. The van der Waals surface area contributed by atoms with Gasteiger partial charge in [0, 0.05) is 28.3 Å². The highest BCUT2D eigenvalue weighted by molar-refractivity contribution is 6.30. The van der Waals surface area contributed by atoms with E-state index in [1.165, 1.54) is 0 Å². The largest absolute Gasteiger partial charge is 0.344 e. The van der Waals surface area contributed by atoms with Crippen molar-refractivity contribution in [2.75, 3.05) is 5.32 Å². The van der Waals surface area contributed by atoms with Gasteiger partial charge in [0.25, 0.3) is 0 Å². The first-order valence-electron chi connectivity index (χ1n) is 8.07. The van der Waals surface area contributed by atoms with Gasteiger partial charge in [0.2, 0.25) is 0 Å². The fourth-order valence-corrected chi connectivity index (χ4v) is 2.42. The first-order valence-corrected chi connectivity index (χ1v) is 8.45. The molecule has 0 saturated carbocycles. The Morgan fingerprint density at radius 2 is 1.72 bits per heavy atom. The number of nitrogens with zero attached hydrogens (tertiary/aromatic N) is 1. The highest BCUT2D eigenvalue weighted by atomic mass is 35.5.